The minimum Gasteiger partial charge on any atom is -0.319 e. The van der Waals surface area contributed by atoms with Crippen LogP contribution in [-0.2, 0) is 0 Å². The Morgan fingerprint density at radius 1 is 1.31 bits per heavy atom. The Kier molecular flexibility index (Phi) is 8.44. The van der Waals surface area contributed by atoms with Crippen molar-refractivity contribution in [1.82, 2.24) is 4.90 Å². The summed E-state index contributed by atoms with van der Waals surface area (Å²) in [5.41, 5.74) is 1.45. The Morgan fingerprint density at radius 2 is 1.94 bits per heavy atom. The first-order valence-electron chi connectivity index (χ1n) is 6.56. The van der Waals surface area contributed by atoms with Gasteiger partial charge in [-0.15, -0.1) is 0 Å². The highest BCUT2D eigenvalue weighted by Crippen LogP contribution is 2.34. The number of rotatable bonds is 2. The molecule has 0 aromatic rings. The van der Waals surface area contributed by atoms with Gasteiger partial charge in [0.2, 0.25) is 0 Å². The molecule has 0 fully saturated rings. The number of aliphatic imine (C=N–C) groups is 1. The van der Waals surface area contributed by atoms with Gasteiger partial charge in [-0.2, -0.15) is 0 Å². The highest BCUT2D eigenvalue weighted by Gasteiger charge is 2.32. The SMILES string of the molecule is CC.CC.CCC1=CSC2=NCC(CC)N12. The molecule has 2 nitrogen and oxygen atoms in total. The van der Waals surface area contributed by atoms with E-state index in [0.29, 0.717) is 6.04 Å². The molecule has 0 aromatic heterocycles. The van der Waals surface area contributed by atoms with E-state index < -0.39 is 0 Å². The van der Waals surface area contributed by atoms with E-state index in [-0.39, 0.29) is 0 Å². The minimum absolute atomic E-state index is 0.640. The van der Waals surface area contributed by atoms with E-state index in [9.17, 15) is 0 Å². The third-order valence-electron chi connectivity index (χ3n) is 2.45. The lowest BCUT2D eigenvalue weighted by molar-refractivity contribution is 0.399. The molecule has 2 aliphatic rings. The zero-order chi connectivity index (χ0) is 12.6. The number of nitrogens with zero attached hydrogens (tertiary/aromatic N) is 2. The maximum Gasteiger partial charge on any atom is 0.168 e. The molecule has 0 saturated carbocycles. The second-order valence-corrected chi connectivity index (χ2v) is 3.97. The quantitative estimate of drug-likeness (QED) is 0.709. The van der Waals surface area contributed by atoms with Crippen molar-refractivity contribution in [3.63, 3.8) is 0 Å². The van der Waals surface area contributed by atoms with Crippen LogP contribution in [0, 0.1) is 0 Å². The Balaban J connectivity index is 0.000000509. The smallest absolute Gasteiger partial charge is 0.168 e. The summed E-state index contributed by atoms with van der Waals surface area (Å²) >= 11 is 1.78. The second-order valence-electron chi connectivity index (χ2n) is 3.14. The van der Waals surface area contributed by atoms with Crippen molar-refractivity contribution < 1.29 is 0 Å². The first kappa shape index (κ1) is 15.6. The molecule has 2 aliphatic heterocycles. The number of hydrogen-bond acceptors (Lipinski definition) is 3. The van der Waals surface area contributed by atoms with Crippen LogP contribution in [0.15, 0.2) is 16.1 Å². The zero-order valence-electron chi connectivity index (χ0n) is 11.6. The van der Waals surface area contributed by atoms with Gasteiger partial charge in [-0.1, -0.05) is 53.3 Å². The van der Waals surface area contributed by atoms with Crippen molar-refractivity contribution in [3.8, 4) is 0 Å². The fourth-order valence-corrected chi connectivity index (χ4v) is 2.74. The van der Waals surface area contributed by atoms with E-state index >= 15 is 0 Å². The lowest BCUT2D eigenvalue weighted by Crippen LogP contribution is -2.31. The molecule has 3 heteroatoms. The van der Waals surface area contributed by atoms with Crippen LogP contribution in [0.2, 0.25) is 0 Å². The number of thioether (sulfide) groups is 1. The third kappa shape index (κ3) is 3.27. The summed E-state index contributed by atoms with van der Waals surface area (Å²) in [5, 5.41) is 3.46. The largest absolute Gasteiger partial charge is 0.319 e. The zero-order valence-corrected chi connectivity index (χ0v) is 12.4. The Bertz CT molecular complexity index is 246. The second kappa shape index (κ2) is 8.68. The first-order chi connectivity index (χ1) is 7.86. The van der Waals surface area contributed by atoms with Gasteiger partial charge in [-0.05, 0) is 18.2 Å². The summed E-state index contributed by atoms with van der Waals surface area (Å²) in [6, 6.07) is 0.640. The molecule has 0 saturated heterocycles. The number of hydrogen-bond donors (Lipinski definition) is 0. The molecule has 2 heterocycles. The van der Waals surface area contributed by atoms with E-state index in [4.69, 9.17) is 0 Å². The fourth-order valence-electron chi connectivity index (χ4n) is 1.69. The van der Waals surface area contributed by atoms with Gasteiger partial charge in [0.25, 0.3) is 0 Å². The molecular formula is C13H26N2S. The first-order valence-corrected chi connectivity index (χ1v) is 7.44. The van der Waals surface area contributed by atoms with Gasteiger partial charge in [-0.3, -0.25) is 4.99 Å². The van der Waals surface area contributed by atoms with E-state index in [1.807, 2.05) is 27.7 Å². The average molecular weight is 242 g/mol. The molecule has 0 aliphatic carbocycles. The summed E-state index contributed by atoms with van der Waals surface area (Å²) in [5.74, 6) is 0. The van der Waals surface area contributed by atoms with Crippen molar-refractivity contribution >= 4 is 16.9 Å². The summed E-state index contributed by atoms with van der Waals surface area (Å²) in [6.45, 7) is 13.4. The summed E-state index contributed by atoms with van der Waals surface area (Å²) in [4.78, 5) is 6.91. The Morgan fingerprint density at radius 3 is 2.44 bits per heavy atom. The molecule has 0 N–H and O–H groups in total. The van der Waals surface area contributed by atoms with Crippen LogP contribution in [-0.4, -0.2) is 22.7 Å². The fraction of sp³-hybridized carbons (Fsp3) is 0.769. The highest BCUT2D eigenvalue weighted by molar-refractivity contribution is 8.16. The summed E-state index contributed by atoms with van der Waals surface area (Å²) in [7, 11) is 0. The molecule has 0 amide bonds. The van der Waals surface area contributed by atoms with Gasteiger partial charge in [0.15, 0.2) is 5.17 Å². The molecule has 0 radical (unpaired) electrons. The van der Waals surface area contributed by atoms with Gasteiger partial charge < -0.3 is 4.90 Å². The molecule has 94 valence electrons. The molecule has 1 atom stereocenters. The van der Waals surface area contributed by atoms with Crippen LogP contribution >= 0.6 is 11.8 Å². The Labute approximate surface area is 105 Å². The standard InChI is InChI=1S/C9H14N2S.2C2H6/c1-3-7-5-10-9-11(7)8(4-2)6-12-9;2*1-2/h6-7H,3-5H2,1-2H3;2*1-2H3. The van der Waals surface area contributed by atoms with Gasteiger partial charge in [-0.25, -0.2) is 0 Å². The summed E-state index contributed by atoms with van der Waals surface area (Å²) in [6.07, 6.45) is 2.33. The van der Waals surface area contributed by atoms with Gasteiger partial charge in [0, 0.05) is 5.70 Å². The average Bonchev–Trinajstić information content (AvgIpc) is 2.94. The molecular weight excluding hydrogens is 216 g/mol. The summed E-state index contributed by atoms with van der Waals surface area (Å²) < 4.78 is 0. The van der Waals surface area contributed by atoms with Crippen LogP contribution in [0.1, 0.15) is 54.4 Å². The maximum atomic E-state index is 4.50. The van der Waals surface area contributed by atoms with Crippen LogP contribution in [0.4, 0.5) is 0 Å². The van der Waals surface area contributed by atoms with E-state index in [2.05, 4.69) is 29.1 Å². The normalized spacial score (nSPS) is 21.1. The molecule has 1 unspecified atom stereocenters. The monoisotopic (exact) mass is 242 g/mol. The van der Waals surface area contributed by atoms with Crippen molar-refractivity contribution in [2.75, 3.05) is 6.54 Å². The van der Waals surface area contributed by atoms with Crippen molar-refractivity contribution in [1.29, 1.82) is 0 Å². The van der Waals surface area contributed by atoms with Gasteiger partial charge in [0.05, 0.1) is 12.6 Å². The molecule has 0 bridgehead atoms. The van der Waals surface area contributed by atoms with Crippen LogP contribution < -0.4 is 0 Å². The van der Waals surface area contributed by atoms with E-state index in [1.165, 1.54) is 17.3 Å². The lowest BCUT2D eigenvalue weighted by Gasteiger charge is -2.23. The number of allylic oxidation sites excluding steroid dienone is 1. The topological polar surface area (TPSA) is 15.6 Å². The highest BCUT2D eigenvalue weighted by atomic mass is 32.2. The van der Waals surface area contributed by atoms with Crippen molar-refractivity contribution in [2.45, 2.75) is 60.4 Å². The van der Waals surface area contributed by atoms with E-state index in [1.54, 1.807) is 11.8 Å². The van der Waals surface area contributed by atoms with Crippen molar-refractivity contribution in [2.24, 2.45) is 4.99 Å². The molecule has 0 spiro atoms. The van der Waals surface area contributed by atoms with Gasteiger partial charge in [0.1, 0.15) is 0 Å². The molecule has 16 heavy (non-hydrogen) atoms. The van der Waals surface area contributed by atoms with Crippen LogP contribution in [0.5, 0.6) is 0 Å². The van der Waals surface area contributed by atoms with Crippen LogP contribution in [0.25, 0.3) is 0 Å². The maximum absolute atomic E-state index is 4.50. The van der Waals surface area contributed by atoms with Gasteiger partial charge >= 0.3 is 0 Å². The molecule has 0 aromatic carbocycles. The van der Waals surface area contributed by atoms with Crippen molar-refractivity contribution in [3.05, 3.63) is 11.1 Å². The predicted octanol–water partition coefficient (Wildman–Crippen LogP) is 4.49. The van der Waals surface area contributed by atoms with Crippen LogP contribution in [0.3, 0.4) is 0 Å². The minimum atomic E-state index is 0.640. The third-order valence-corrected chi connectivity index (χ3v) is 3.38. The lowest BCUT2D eigenvalue weighted by atomic mass is 10.2. The number of fused-ring (bicyclic) bond motifs is 1. The Hall–Kier alpha value is -0.440. The molecule has 2 rings (SSSR count). The predicted molar refractivity (Wildman–Crippen MR) is 76.9 cm³/mol. The number of amidine groups is 1. The van der Waals surface area contributed by atoms with E-state index in [0.717, 1.165) is 13.0 Å².